The van der Waals surface area contributed by atoms with E-state index in [0.717, 1.165) is 0 Å². The summed E-state index contributed by atoms with van der Waals surface area (Å²) in [5.41, 5.74) is 0.833. The fraction of sp³-hybridized carbons (Fsp3) is 0.333. The molecule has 0 saturated heterocycles. The van der Waals surface area contributed by atoms with Gasteiger partial charge < -0.3 is 14.6 Å². The first-order valence-corrected chi connectivity index (χ1v) is 5.10. The second-order valence-corrected chi connectivity index (χ2v) is 3.81. The van der Waals surface area contributed by atoms with E-state index in [4.69, 9.17) is 14.6 Å². The monoisotopic (exact) mass is 236 g/mol. The van der Waals surface area contributed by atoms with Crippen LogP contribution in [0.4, 0.5) is 0 Å². The highest BCUT2D eigenvalue weighted by Gasteiger charge is 2.37. The van der Waals surface area contributed by atoms with E-state index < -0.39 is 11.9 Å². The van der Waals surface area contributed by atoms with Crippen molar-refractivity contribution in [3.8, 4) is 11.5 Å². The Morgan fingerprint density at radius 3 is 2.59 bits per heavy atom. The standard InChI is InChI=1S/C12H12O5/c1-16-6-3-7-8(12(14)15)5-9(13)11(7)10(4-6)17-2/h3-4,8H,5H2,1-2H3,(H,14,15). The molecule has 0 spiro atoms. The predicted octanol–water partition coefficient (Wildman–Crippen LogP) is 1.46. The lowest BCUT2D eigenvalue weighted by Gasteiger charge is -2.10. The van der Waals surface area contributed by atoms with Crippen molar-refractivity contribution >= 4 is 11.8 Å². The van der Waals surface area contributed by atoms with Crippen LogP contribution in [-0.4, -0.2) is 31.1 Å². The number of Topliss-reactive ketones (excluding diaryl/α,β-unsaturated/α-hetero) is 1. The van der Waals surface area contributed by atoms with E-state index in [1.165, 1.54) is 14.2 Å². The summed E-state index contributed by atoms with van der Waals surface area (Å²) in [7, 11) is 2.92. The lowest BCUT2D eigenvalue weighted by molar-refractivity contribution is -0.138. The molecule has 0 radical (unpaired) electrons. The smallest absolute Gasteiger partial charge is 0.311 e. The van der Waals surface area contributed by atoms with E-state index >= 15 is 0 Å². The number of carboxylic acids is 1. The second-order valence-electron chi connectivity index (χ2n) is 3.81. The Balaban J connectivity index is 2.63. The normalized spacial score (nSPS) is 17.8. The van der Waals surface area contributed by atoms with E-state index in [0.29, 0.717) is 22.6 Å². The average Bonchev–Trinajstić information content (AvgIpc) is 2.66. The van der Waals surface area contributed by atoms with E-state index in [1.807, 2.05) is 0 Å². The zero-order valence-corrected chi connectivity index (χ0v) is 9.52. The molecule has 1 aromatic carbocycles. The van der Waals surface area contributed by atoms with Gasteiger partial charge in [0.15, 0.2) is 5.78 Å². The minimum absolute atomic E-state index is 0.0196. The number of methoxy groups -OCH3 is 2. The number of carbonyl (C=O) groups is 2. The predicted molar refractivity (Wildman–Crippen MR) is 58.9 cm³/mol. The molecule has 1 aliphatic carbocycles. The number of ketones is 1. The Morgan fingerprint density at radius 2 is 2.06 bits per heavy atom. The second kappa shape index (κ2) is 4.08. The van der Waals surface area contributed by atoms with Gasteiger partial charge in [0.2, 0.25) is 0 Å². The molecule has 0 fully saturated rings. The summed E-state index contributed by atoms with van der Waals surface area (Å²) < 4.78 is 10.2. The van der Waals surface area contributed by atoms with E-state index in [2.05, 4.69) is 0 Å². The summed E-state index contributed by atoms with van der Waals surface area (Å²) >= 11 is 0. The van der Waals surface area contributed by atoms with Crippen molar-refractivity contribution in [2.75, 3.05) is 14.2 Å². The molecule has 0 amide bonds. The van der Waals surface area contributed by atoms with Gasteiger partial charge in [0.05, 0.1) is 25.7 Å². The average molecular weight is 236 g/mol. The fourth-order valence-electron chi connectivity index (χ4n) is 2.08. The van der Waals surface area contributed by atoms with Crippen molar-refractivity contribution in [1.29, 1.82) is 0 Å². The number of benzene rings is 1. The van der Waals surface area contributed by atoms with Gasteiger partial charge in [-0.15, -0.1) is 0 Å². The van der Waals surface area contributed by atoms with Crippen LogP contribution in [0.1, 0.15) is 28.3 Å². The largest absolute Gasteiger partial charge is 0.497 e. The topological polar surface area (TPSA) is 72.8 Å². The number of hydrogen-bond donors (Lipinski definition) is 1. The molecule has 17 heavy (non-hydrogen) atoms. The van der Waals surface area contributed by atoms with Crippen LogP contribution in [0.15, 0.2) is 12.1 Å². The number of rotatable bonds is 3. The Bertz CT molecular complexity index is 492. The first-order valence-electron chi connectivity index (χ1n) is 5.10. The molecular formula is C12H12O5. The molecule has 90 valence electrons. The molecule has 0 aromatic heterocycles. The number of ether oxygens (including phenoxy) is 2. The third kappa shape index (κ3) is 1.73. The van der Waals surface area contributed by atoms with Crippen LogP contribution in [0.2, 0.25) is 0 Å². The zero-order chi connectivity index (χ0) is 12.6. The van der Waals surface area contributed by atoms with Crippen molar-refractivity contribution in [2.45, 2.75) is 12.3 Å². The van der Waals surface area contributed by atoms with E-state index in [1.54, 1.807) is 12.1 Å². The molecule has 1 aromatic rings. The van der Waals surface area contributed by atoms with Gasteiger partial charge in [0.1, 0.15) is 11.5 Å². The molecular weight excluding hydrogens is 224 g/mol. The summed E-state index contributed by atoms with van der Waals surface area (Å²) in [5, 5.41) is 9.07. The van der Waals surface area contributed by atoms with Gasteiger partial charge in [-0.25, -0.2) is 0 Å². The summed E-state index contributed by atoms with van der Waals surface area (Å²) in [5.74, 6) is -1.16. The van der Waals surface area contributed by atoms with Crippen LogP contribution in [0.3, 0.4) is 0 Å². The molecule has 0 heterocycles. The summed E-state index contributed by atoms with van der Waals surface area (Å²) in [6.07, 6.45) is -0.0196. The maximum absolute atomic E-state index is 11.8. The van der Waals surface area contributed by atoms with Crippen LogP contribution in [0.25, 0.3) is 0 Å². The fourth-order valence-corrected chi connectivity index (χ4v) is 2.08. The van der Waals surface area contributed by atoms with Crippen LogP contribution < -0.4 is 9.47 Å². The molecule has 1 atom stereocenters. The van der Waals surface area contributed by atoms with Crippen LogP contribution in [0.5, 0.6) is 11.5 Å². The SMILES string of the molecule is COc1cc(OC)c2c(c1)C(C(=O)O)CC2=O. The minimum atomic E-state index is -1.01. The Hall–Kier alpha value is -2.04. The van der Waals surface area contributed by atoms with Crippen LogP contribution in [-0.2, 0) is 4.79 Å². The Morgan fingerprint density at radius 1 is 1.35 bits per heavy atom. The maximum atomic E-state index is 11.8. The number of hydrogen-bond acceptors (Lipinski definition) is 4. The minimum Gasteiger partial charge on any atom is -0.497 e. The van der Waals surface area contributed by atoms with Gasteiger partial charge in [-0.2, -0.15) is 0 Å². The van der Waals surface area contributed by atoms with E-state index in [9.17, 15) is 9.59 Å². The highest BCUT2D eigenvalue weighted by atomic mass is 16.5. The summed E-state index contributed by atoms with van der Waals surface area (Å²) in [4.78, 5) is 22.9. The van der Waals surface area contributed by atoms with Crippen molar-refractivity contribution in [2.24, 2.45) is 0 Å². The zero-order valence-electron chi connectivity index (χ0n) is 9.52. The molecule has 1 unspecified atom stereocenters. The van der Waals surface area contributed by atoms with Gasteiger partial charge in [0.25, 0.3) is 0 Å². The molecule has 1 N–H and O–H groups in total. The van der Waals surface area contributed by atoms with Crippen molar-refractivity contribution in [3.05, 3.63) is 23.3 Å². The molecule has 0 bridgehead atoms. The van der Waals surface area contributed by atoms with Gasteiger partial charge in [0, 0.05) is 12.5 Å². The first-order chi connectivity index (χ1) is 8.08. The maximum Gasteiger partial charge on any atom is 0.311 e. The van der Waals surface area contributed by atoms with Gasteiger partial charge >= 0.3 is 5.97 Å². The highest BCUT2D eigenvalue weighted by Crippen LogP contribution is 2.41. The quantitative estimate of drug-likeness (QED) is 0.860. The van der Waals surface area contributed by atoms with Crippen LogP contribution >= 0.6 is 0 Å². The molecule has 1 aliphatic rings. The van der Waals surface area contributed by atoms with Crippen molar-refractivity contribution < 1.29 is 24.2 Å². The molecule has 0 aliphatic heterocycles. The summed E-state index contributed by atoms with van der Waals surface area (Å²) in [6, 6.07) is 3.17. The van der Waals surface area contributed by atoms with Crippen molar-refractivity contribution in [3.63, 3.8) is 0 Å². The first kappa shape index (κ1) is 11.4. The Labute approximate surface area is 98.0 Å². The number of carbonyl (C=O) groups excluding carboxylic acids is 1. The van der Waals surface area contributed by atoms with Gasteiger partial charge in [-0.3, -0.25) is 9.59 Å². The van der Waals surface area contributed by atoms with E-state index in [-0.39, 0.29) is 12.2 Å². The lowest BCUT2D eigenvalue weighted by Crippen LogP contribution is -2.08. The third-order valence-electron chi connectivity index (χ3n) is 2.90. The van der Waals surface area contributed by atoms with Gasteiger partial charge in [-0.1, -0.05) is 0 Å². The number of aliphatic carboxylic acids is 1. The lowest BCUT2D eigenvalue weighted by atomic mass is 10.0. The van der Waals surface area contributed by atoms with Crippen molar-refractivity contribution in [1.82, 2.24) is 0 Å². The summed E-state index contributed by atoms with van der Waals surface area (Å²) in [6.45, 7) is 0. The van der Waals surface area contributed by atoms with Crippen LogP contribution in [0, 0.1) is 0 Å². The molecule has 0 saturated carbocycles. The van der Waals surface area contributed by atoms with Gasteiger partial charge in [-0.05, 0) is 11.6 Å². The Kier molecular flexibility index (Phi) is 2.75. The third-order valence-corrected chi connectivity index (χ3v) is 2.90. The molecule has 5 heteroatoms. The number of fused-ring (bicyclic) bond motifs is 1. The molecule has 2 rings (SSSR count). The number of carboxylic acid groups (broad SMARTS) is 1. The highest BCUT2D eigenvalue weighted by molar-refractivity contribution is 6.07. The molecule has 5 nitrogen and oxygen atoms in total.